The maximum Gasteiger partial charge on any atom is 0.365 e. The minimum absolute atomic E-state index is 0.265. The molecule has 0 aromatic heterocycles. The maximum atomic E-state index is 11.5. The smallest absolute Gasteiger partial charge is 0.365 e. The van der Waals surface area contributed by atoms with Crippen molar-refractivity contribution >= 4 is 28.6 Å². The summed E-state index contributed by atoms with van der Waals surface area (Å²) in [4.78, 5) is 27.0. The van der Waals surface area contributed by atoms with E-state index >= 15 is 0 Å². The molecule has 96 valence electrons. The first-order valence-corrected chi connectivity index (χ1v) is 5.27. The van der Waals surface area contributed by atoms with Gasteiger partial charge < -0.3 is 14.9 Å². The number of nitrogens with zero attached hydrogens (tertiary/aromatic N) is 1. The van der Waals surface area contributed by atoms with Crippen molar-refractivity contribution < 1.29 is 19.2 Å². The molecule has 0 aliphatic rings. The summed E-state index contributed by atoms with van der Waals surface area (Å²) in [5.74, 6) is -0.752. The topological polar surface area (TPSA) is 77.0 Å². The first-order valence-electron chi connectivity index (χ1n) is 4.89. The molecule has 1 aromatic rings. The normalized spacial score (nSPS) is 10.7. The Labute approximate surface area is 109 Å². The third kappa shape index (κ3) is 3.74. The lowest BCUT2D eigenvalue weighted by molar-refractivity contribution is -0.114. The summed E-state index contributed by atoms with van der Waals surface area (Å²) in [6, 6.07) is 6.20. The molecule has 0 saturated heterocycles. The van der Waals surface area contributed by atoms with Gasteiger partial charge in [-0.05, 0) is 24.3 Å². The highest BCUT2D eigenvalue weighted by Crippen LogP contribution is 2.12. The molecular formula is C11H11ClN2O4. The van der Waals surface area contributed by atoms with Gasteiger partial charge in [0.05, 0.1) is 12.7 Å². The highest BCUT2D eigenvalue weighted by molar-refractivity contribution is 6.82. The molecular weight excluding hydrogens is 260 g/mol. The molecule has 6 nitrogen and oxygen atoms in total. The minimum Gasteiger partial charge on any atom is -0.497 e. The highest BCUT2D eigenvalue weighted by atomic mass is 35.5. The largest absolute Gasteiger partial charge is 0.497 e. The van der Waals surface area contributed by atoms with Crippen molar-refractivity contribution in [3.05, 3.63) is 29.8 Å². The van der Waals surface area contributed by atoms with Gasteiger partial charge in [-0.2, -0.15) is 0 Å². The van der Waals surface area contributed by atoms with E-state index in [1.54, 1.807) is 12.1 Å². The number of oxime groups is 1. The molecule has 0 atom stereocenters. The Hall–Kier alpha value is -2.08. The third-order valence-electron chi connectivity index (χ3n) is 1.95. The lowest BCUT2D eigenvalue weighted by atomic mass is 10.2. The molecule has 0 bridgehead atoms. The van der Waals surface area contributed by atoms with E-state index in [-0.39, 0.29) is 5.56 Å². The van der Waals surface area contributed by atoms with Crippen LogP contribution in [0.2, 0.25) is 0 Å². The number of halogens is 1. The summed E-state index contributed by atoms with van der Waals surface area (Å²) in [7, 11) is 2.90. The number of carbonyl (C=O) groups is 2. The first kappa shape index (κ1) is 14.0. The van der Waals surface area contributed by atoms with Crippen molar-refractivity contribution in [1.82, 2.24) is 5.32 Å². The maximum absolute atomic E-state index is 11.5. The second-order valence-corrected chi connectivity index (χ2v) is 3.43. The molecule has 0 radical (unpaired) electrons. The van der Waals surface area contributed by atoms with Gasteiger partial charge in [-0.15, -0.1) is 0 Å². The number of ether oxygens (including phenoxy) is 1. The number of methoxy groups -OCH3 is 1. The number of hydrogen-bond acceptors (Lipinski definition) is 5. The van der Waals surface area contributed by atoms with Crippen LogP contribution in [0.4, 0.5) is 0 Å². The van der Waals surface area contributed by atoms with E-state index in [1.807, 2.05) is 0 Å². The first-order chi connectivity index (χ1) is 8.58. The van der Waals surface area contributed by atoms with Crippen LogP contribution in [0, 0.1) is 0 Å². The summed E-state index contributed by atoms with van der Waals surface area (Å²) in [5, 5.41) is 4.98. The van der Waals surface area contributed by atoms with Gasteiger partial charge >= 0.3 is 5.97 Å². The molecule has 1 aromatic carbocycles. The lowest BCUT2D eigenvalue weighted by Crippen LogP contribution is -2.24. The van der Waals surface area contributed by atoms with Crippen LogP contribution in [-0.4, -0.2) is 31.2 Å². The van der Waals surface area contributed by atoms with E-state index in [0.717, 1.165) is 0 Å². The number of hydrogen-bond donors (Lipinski definition) is 1. The van der Waals surface area contributed by atoms with E-state index in [0.29, 0.717) is 5.75 Å². The zero-order valence-electron chi connectivity index (χ0n) is 9.77. The zero-order chi connectivity index (χ0) is 13.5. The Kier molecular flexibility index (Phi) is 5.13. The molecule has 0 unspecified atom stereocenters. The monoisotopic (exact) mass is 270 g/mol. The Bertz CT molecular complexity index is 470. The van der Waals surface area contributed by atoms with E-state index < -0.39 is 17.0 Å². The molecule has 0 spiro atoms. The molecule has 0 fully saturated rings. The van der Waals surface area contributed by atoms with Crippen LogP contribution in [-0.2, 0) is 9.63 Å². The summed E-state index contributed by atoms with van der Waals surface area (Å²) in [6.07, 6.45) is 0. The van der Waals surface area contributed by atoms with Crippen molar-refractivity contribution in [2.75, 3.05) is 14.2 Å². The molecule has 0 aliphatic carbocycles. The third-order valence-corrected chi connectivity index (χ3v) is 2.19. The number of benzene rings is 1. The fraction of sp³-hybridized carbons (Fsp3) is 0.182. The number of nitrogens with one attached hydrogen (secondary N) is 1. The van der Waals surface area contributed by atoms with Crippen molar-refractivity contribution in [3.63, 3.8) is 0 Å². The van der Waals surface area contributed by atoms with Crippen LogP contribution in [0.1, 0.15) is 10.4 Å². The molecule has 0 saturated carbocycles. The van der Waals surface area contributed by atoms with Gasteiger partial charge in [-0.3, -0.25) is 4.79 Å². The van der Waals surface area contributed by atoms with E-state index in [2.05, 4.69) is 15.3 Å². The SMILES string of the molecule is CNC(=O)/C(Cl)=N/OC(=O)c1ccc(OC)cc1. The Morgan fingerprint density at radius 2 is 1.89 bits per heavy atom. The second-order valence-electron chi connectivity index (χ2n) is 3.07. The number of rotatable bonds is 4. The van der Waals surface area contributed by atoms with Gasteiger partial charge in [-0.1, -0.05) is 16.8 Å². The van der Waals surface area contributed by atoms with Crippen LogP contribution in [0.25, 0.3) is 0 Å². The zero-order valence-corrected chi connectivity index (χ0v) is 10.5. The predicted octanol–water partition coefficient (Wildman–Crippen LogP) is 1.15. The second kappa shape index (κ2) is 6.61. The van der Waals surface area contributed by atoms with Gasteiger partial charge in [0.25, 0.3) is 5.91 Å². The summed E-state index contributed by atoms with van der Waals surface area (Å²) in [6.45, 7) is 0. The van der Waals surface area contributed by atoms with Gasteiger partial charge in [0.1, 0.15) is 5.75 Å². The van der Waals surface area contributed by atoms with E-state index in [4.69, 9.17) is 16.3 Å². The molecule has 0 aliphatic heterocycles. The van der Waals surface area contributed by atoms with Crippen LogP contribution >= 0.6 is 11.6 Å². The predicted molar refractivity (Wildman–Crippen MR) is 65.8 cm³/mol. The fourth-order valence-corrected chi connectivity index (χ4v) is 1.13. The van der Waals surface area contributed by atoms with E-state index in [9.17, 15) is 9.59 Å². The Morgan fingerprint density at radius 3 is 2.39 bits per heavy atom. The Balaban J connectivity index is 2.68. The van der Waals surface area contributed by atoms with Gasteiger partial charge in [0, 0.05) is 7.05 Å². The average Bonchev–Trinajstić information content (AvgIpc) is 2.43. The van der Waals surface area contributed by atoms with Crippen molar-refractivity contribution in [2.45, 2.75) is 0 Å². The van der Waals surface area contributed by atoms with Crippen LogP contribution < -0.4 is 10.1 Å². The van der Waals surface area contributed by atoms with Gasteiger partial charge in [0.2, 0.25) is 5.17 Å². The summed E-state index contributed by atoms with van der Waals surface area (Å²) < 4.78 is 4.94. The lowest BCUT2D eigenvalue weighted by Gasteiger charge is -2.01. The average molecular weight is 271 g/mol. The molecule has 1 amide bonds. The van der Waals surface area contributed by atoms with Crippen LogP contribution in [0.5, 0.6) is 5.75 Å². The van der Waals surface area contributed by atoms with Crippen LogP contribution in [0.3, 0.4) is 0 Å². The molecule has 1 rings (SSSR count). The molecule has 1 N–H and O–H groups in total. The van der Waals surface area contributed by atoms with E-state index in [1.165, 1.54) is 26.3 Å². The summed E-state index contributed by atoms with van der Waals surface area (Å²) >= 11 is 5.45. The van der Waals surface area contributed by atoms with Gasteiger partial charge in [0.15, 0.2) is 0 Å². The Morgan fingerprint density at radius 1 is 1.28 bits per heavy atom. The van der Waals surface area contributed by atoms with Crippen molar-refractivity contribution in [3.8, 4) is 5.75 Å². The van der Waals surface area contributed by atoms with Crippen molar-refractivity contribution in [2.24, 2.45) is 5.16 Å². The van der Waals surface area contributed by atoms with Crippen molar-refractivity contribution in [1.29, 1.82) is 0 Å². The minimum atomic E-state index is -0.722. The van der Waals surface area contributed by atoms with Gasteiger partial charge in [-0.25, -0.2) is 4.79 Å². The molecule has 7 heteroatoms. The van der Waals surface area contributed by atoms with Crippen LogP contribution in [0.15, 0.2) is 29.4 Å². The number of amides is 1. The summed E-state index contributed by atoms with van der Waals surface area (Å²) in [5.41, 5.74) is 0.265. The molecule has 18 heavy (non-hydrogen) atoms. The number of carbonyl (C=O) groups excluding carboxylic acids is 2. The quantitative estimate of drug-likeness (QED) is 0.506. The fourth-order valence-electron chi connectivity index (χ4n) is 1.01. The highest BCUT2D eigenvalue weighted by Gasteiger charge is 2.10. The standard InChI is InChI=1S/C11H11ClN2O4/c1-13-10(15)9(12)14-18-11(16)7-3-5-8(17-2)6-4-7/h3-6H,1-2H3,(H,13,15)/b14-9-. The molecule has 0 heterocycles.